The normalized spacial score (nSPS) is 11.4. The number of benzene rings is 4. The summed E-state index contributed by atoms with van der Waals surface area (Å²) in [5.41, 5.74) is -3.00. The first kappa shape index (κ1) is 22.9. The Bertz CT molecular complexity index is 2110. The summed E-state index contributed by atoms with van der Waals surface area (Å²) in [6.45, 7) is 0. The number of phenolic OH excluding ortho intramolecular Hbond substituents is 2. The summed E-state index contributed by atoms with van der Waals surface area (Å²) < 4.78 is 1.65. The maximum absolute atomic E-state index is 13.7. The van der Waals surface area contributed by atoms with Gasteiger partial charge in [0, 0.05) is 11.1 Å². The molecule has 2 heterocycles. The lowest BCUT2D eigenvalue weighted by atomic mass is 9.96. The van der Waals surface area contributed by atoms with E-state index >= 15 is 0 Å². The van der Waals surface area contributed by atoms with Crippen LogP contribution in [0.2, 0.25) is 0 Å². The lowest BCUT2D eigenvalue weighted by Gasteiger charge is -2.03. The summed E-state index contributed by atoms with van der Waals surface area (Å²) in [4.78, 5) is 68.0. The van der Waals surface area contributed by atoms with Crippen LogP contribution in [0.3, 0.4) is 0 Å². The molecule has 0 unspecified atom stereocenters. The molecule has 0 radical (unpaired) electrons. The summed E-state index contributed by atoms with van der Waals surface area (Å²) >= 11 is 0. The molecule has 2 aromatic heterocycles. The minimum atomic E-state index is -0.872. The summed E-state index contributed by atoms with van der Waals surface area (Å²) in [6.07, 6.45) is 0. The summed E-state index contributed by atoms with van der Waals surface area (Å²) in [5.74, 6) is -0.759. The Hall–Kier alpha value is -5.57. The summed E-state index contributed by atoms with van der Waals surface area (Å²) in [7, 11) is 0. The van der Waals surface area contributed by atoms with Gasteiger partial charge in [-0.25, -0.2) is 9.13 Å². The first-order chi connectivity index (χ1) is 18.3. The average molecular weight is 504 g/mol. The molecule has 184 valence electrons. The molecule has 0 bridgehead atoms. The van der Waals surface area contributed by atoms with E-state index in [1.54, 1.807) is 18.2 Å². The van der Waals surface area contributed by atoms with Crippen LogP contribution in [-0.4, -0.2) is 25.1 Å². The van der Waals surface area contributed by atoms with E-state index in [0.29, 0.717) is 0 Å². The van der Waals surface area contributed by atoms with Crippen LogP contribution in [0, 0.1) is 0 Å². The highest BCUT2D eigenvalue weighted by Crippen LogP contribution is 2.26. The number of hydrogen-bond acceptors (Lipinski definition) is 7. The number of carbonyl (C=O) groups excluding carboxylic acids is 1. The zero-order valence-corrected chi connectivity index (χ0v) is 19.4. The molecule has 9 heteroatoms. The van der Waals surface area contributed by atoms with E-state index in [1.165, 1.54) is 66.7 Å². The Kier molecular flexibility index (Phi) is 4.96. The van der Waals surface area contributed by atoms with Crippen molar-refractivity contribution < 1.29 is 15.0 Å². The number of carbonyl (C=O) groups is 1. The largest absolute Gasteiger partial charge is 0.508 e. The number of hydrogen-bond donors (Lipinski definition) is 2. The molecule has 0 aliphatic rings. The highest BCUT2D eigenvalue weighted by molar-refractivity contribution is 6.22. The van der Waals surface area contributed by atoms with Crippen molar-refractivity contribution in [2.45, 2.75) is 0 Å². The fraction of sp³-hybridized carbons (Fsp3) is 0. The Morgan fingerprint density at radius 3 is 1.58 bits per heavy atom. The maximum Gasteiger partial charge on any atom is 0.267 e. The Morgan fingerprint density at radius 2 is 1.03 bits per heavy atom. The van der Waals surface area contributed by atoms with E-state index in [-0.39, 0.29) is 55.5 Å². The quantitative estimate of drug-likeness (QED) is 0.352. The van der Waals surface area contributed by atoms with Gasteiger partial charge in [-0.15, -0.1) is 0 Å². The van der Waals surface area contributed by atoms with Crippen molar-refractivity contribution in [1.82, 2.24) is 9.13 Å². The fourth-order valence-electron chi connectivity index (χ4n) is 4.75. The van der Waals surface area contributed by atoms with Crippen LogP contribution in [-0.2, 0) is 0 Å². The number of ketones is 1. The van der Waals surface area contributed by atoms with Gasteiger partial charge in [-0.1, -0.05) is 30.3 Å². The highest BCUT2D eigenvalue weighted by Gasteiger charge is 2.28. The van der Waals surface area contributed by atoms with Gasteiger partial charge in [-0.2, -0.15) is 0 Å². The van der Waals surface area contributed by atoms with Gasteiger partial charge in [-0.3, -0.25) is 24.0 Å². The van der Waals surface area contributed by atoms with Gasteiger partial charge in [-0.05, 0) is 54.6 Å². The van der Waals surface area contributed by atoms with Gasteiger partial charge in [0.1, 0.15) is 11.5 Å². The molecule has 2 N–H and O–H groups in total. The first-order valence-electron chi connectivity index (χ1n) is 11.4. The van der Waals surface area contributed by atoms with Crippen molar-refractivity contribution in [2.24, 2.45) is 0 Å². The van der Waals surface area contributed by atoms with Gasteiger partial charge in [0.05, 0.1) is 32.9 Å². The Morgan fingerprint density at radius 1 is 0.553 bits per heavy atom. The van der Waals surface area contributed by atoms with Crippen LogP contribution in [0.1, 0.15) is 15.9 Å². The second-order valence-electron chi connectivity index (χ2n) is 8.72. The van der Waals surface area contributed by atoms with Crippen LogP contribution in [0.15, 0.2) is 104 Å². The summed E-state index contributed by atoms with van der Waals surface area (Å²) in [6, 6.07) is 19.9. The van der Waals surface area contributed by atoms with Crippen molar-refractivity contribution in [2.75, 3.05) is 0 Å². The molecule has 0 amide bonds. The number of aromatic hydroxyl groups is 2. The molecule has 0 fully saturated rings. The maximum atomic E-state index is 13.7. The minimum Gasteiger partial charge on any atom is -0.508 e. The number of rotatable bonds is 4. The second-order valence-corrected chi connectivity index (χ2v) is 8.72. The van der Waals surface area contributed by atoms with Crippen LogP contribution >= 0.6 is 0 Å². The molecule has 6 aromatic rings. The van der Waals surface area contributed by atoms with Gasteiger partial charge < -0.3 is 10.2 Å². The molecule has 0 saturated carbocycles. The monoisotopic (exact) mass is 504 g/mol. The smallest absolute Gasteiger partial charge is 0.267 e. The highest BCUT2D eigenvalue weighted by atomic mass is 16.3. The second kappa shape index (κ2) is 8.24. The number of nitrogens with zero attached hydrogens (tertiary/aromatic N) is 2. The van der Waals surface area contributed by atoms with Gasteiger partial charge in [0.2, 0.25) is 0 Å². The number of phenols is 2. The van der Waals surface area contributed by atoms with E-state index in [2.05, 4.69) is 0 Å². The fourth-order valence-corrected chi connectivity index (χ4v) is 4.75. The molecule has 0 saturated heterocycles. The lowest BCUT2D eigenvalue weighted by molar-refractivity contribution is 0.104. The first-order valence-corrected chi connectivity index (χ1v) is 11.4. The van der Waals surface area contributed by atoms with Gasteiger partial charge >= 0.3 is 0 Å². The predicted octanol–water partition coefficient (Wildman–Crippen LogP) is 2.53. The van der Waals surface area contributed by atoms with Crippen LogP contribution < -0.4 is 22.2 Å². The Labute approximate surface area is 212 Å². The van der Waals surface area contributed by atoms with Crippen molar-refractivity contribution >= 4 is 27.3 Å². The standard InChI is InChI=1S/C29H16N2O7/c32-18-10-6-16(7-11-18)30-26(35)21-14-20(25(34)15-4-2-1-3-5-15)22-24(23(21)28(30)37)29(38)31(27(22)36)17-8-12-19(33)13-9-17/h1-14,32-33H. The number of fused-ring (bicyclic) bond motifs is 3. The van der Waals surface area contributed by atoms with Crippen molar-refractivity contribution in [3.05, 3.63) is 137 Å². The lowest BCUT2D eigenvalue weighted by Crippen LogP contribution is -2.24. The van der Waals surface area contributed by atoms with Crippen molar-refractivity contribution in [3.8, 4) is 22.9 Å². The average Bonchev–Trinajstić information content (AvgIpc) is 3.33. The number of aromatic nitrogens is 2. The molecule has 6 rings (SSSR count). The van der Waals surface area contributed by atoms with Crippen LogP contribution in [0.5, 0.6) is 11.5 Å². The van der Waals surface area contributed by atoms with E-state index in [1.807, 2.05) is 0 Å². The third kappa shape index (κ3) is 3.22. The molecule has 0 spiro atoms. The van der Waals surface area contributed by atoms with Crippen LogP contribution in [0.25, 0.3) is 32.9 Å². The Balaban J connectivity index is 1.80. The molecule has 38 heavy (non-hydrogen) atoms. The minimum absolute atomic E-state index is 0.0766. The molecule has 0 aliphatic carbocycles. The zero-order chi connectivity index (χ0) is 26.7. The van der Waals surface area contributed by atoms with Gasteiger partial charge in [0.25, 0.3) is 22.2 Å². The molecular weight excluding hydrogens is 488 g/mol. The molecular formula is C29H16N2O7. The van der Waals surface area contributed by atoms with Crippen molar-refractivity contribution in [3.63, 3.8) is 0 Å². The van der Waals surface area contributed by atoms with Crippen LogP contribution in [0.4, 0.5) is 0 Å². The van der Waals surface area contributed by atoms with E-state index in [9.17, 15) is 34.2 Å². The van der Waals surface area contributed by atoms with Gasteiger partial charge in [0.15, 0.2) is 5.78 Å². The molecule has 0 aliphatic heterocycles. The predicted molar refractivity (Wildman–Crippen MR) is 141 cm³/mol. The van der Waals surface area contributed by atoms with E-state index in [4.69, 9.17) is 0 Å². The van der Waals surface area contributed by atoms with Crippen molar-refractivity contribution in [1.29, 1.82) is 0 Å². The van der Waals surface area contributed by atoms with E-state index < -0.39 is 28.0 Å². The summed E-state index contributed by atoms with van der Waals surface area (Å²) in [5, 5.41) is 18.2. The molecule has 9 nitrogen and oxygen atoms in total. The SMILES string of the molecule is O=C(c1ccccc1)c1cc2c(=O)n(-c3ccc(O)cc3)c(=O)c2c2c(=O)n(-c3ccc(O)cc3)c(=O)c12. The molecule has 4 aromatic carbocycles. The zero-order valence-electron chi connectivity index (χ0n) is 19.4. The third-order valence-electron chi connectivity index (χ3n) is 6.51. The van der Waals surface area contributed by atoms with E-state index in [0.717, 1.165) is 9.13 Å². The topological polar surface area (TPSA) is 136 Å². The third-order valence-corrected chi connectivity index (χ3v) is 6.51. The molecule has 0 atom stereocenters.